The molecule has 1 aromatic rings. The number of hydrogen-bond acceptors (Lipinski definition) is 5. The molecule has 2 heterocycles. The van der Waals surface area contributed by atoms with E-state index in [9.17, 15) is 0 Å². The van der Waals surface area contributed by atoms with Crippen molar-refractivity contribution in [3.05, 3.63) is 17.6 Å². The fraction of sp³-hybridized carbons (Fsp3) is 0.733. The van der Waals surface area contributed by atoms with Gasteiger partial charge in [0.15, 0.2) is 0 Å². The van der Waals surface area contributed by atoms with Gasteiger partial charge in [-0.25, -0.2) is 9.97 Å². The Bertz CT molecular complexity index is 444. The molecule has 0 radical (unpaired) electrons. The highest BCUT2D eigenvalue weighted by Gasteiger charge is 2.22. The molecule has 0 bridgehead atoms. The van der Waals surface area contributed by atoms with Crippen LogP contribution >= 0.6 is 0 Å². The number of hydrogen-bond donors (Lipinski definition) is 0. The normalized spacial score (nSPS) is 20.4. The van der Waals surface area contributed by atoms with E-state index < -0.39 is 0 Å². The maximum atomic E-state index is 4.81. The number of likely N-dealkylation sites (N-methyl/N-ethyl adjacent to an activating group) is 1. The van der Waals surface area contributed by atoms with Crippen LogP contribution in [0.4, 0.5) is 5.82 Å². The first-order valence-corrected chi connectivity index (χ1v) is 7.34. The highest BCUT2D eigenvalue weighted by atomic mass is 15.2. The molecule has 112 valence electrons. The van der Waals surface area contributed by atoms with E-state index >= 15 is 0 Å². The molecule has 0 saturated carbocycles. The van der Waals surface area contributed by atoms with E-state index in [1.165, 1.54) is 19.4 Å². The second-order valence-electron chi connectivity index (χ2n) is 6.31. The lowest BCUT2D eigenvalue weighted by Crippen LogP contribution is -2.32. The number of rotatable bonds is 4. The summed E-state index contributed by atoms with van der Waals surface area (Å²) >= 11 is 0. The number of likely N-dealkylation sites (tertiary alicyclic amines) is 1. The van der Waals surface area contributed by atoms with Gasteiger partial charge < -0.3 is 14.7 Å². The maximum absolute atomic E-state index is 4.81. The number of aromatic nitrogens is 2. The first-order valence-electron chi connectivity index (χ1n) is 7.34. The van der Waals surface area contributed by atoms with Crippen LogP contribution in [0.5, 0.6) is 0 Å². The van der Waals surface area contributed by atoms with Crippen LogP contribution in [-0.4, -0.2) is 68.1 Å². The first kappa shape index (κ1) is 15.2. The molecular formula is C15H27N5. The van der Waals surface area contributed by atoms with Crippen molar-refractivity contribution in [3.63, 3.8) is 0 Å². The number of anilines is 1. The summed E-state index contributed by atoms with van der Waals surface area (Å²) in [5.74, 6) is 2.49. The Kier molecular flexibility index (Phi) is 4.94. The molecule has 1 aromatic heterocycles. The van der Waals surface area contributed by atoms with Crippen LogP contribution in [0.25, 0.3) is 0 Å². The lowest BCUT2D eigenvalue weighted by molar-refractivity contribution is 0.245. The molecule has 0 aromatic carbocycles. The molecular weight excluding hydrogens is 250 g/mol. The van der Waals surface area contributed by atoms with Crippen LogP contribution < -0.4 is 4.90 Å². The van der Waals surface area contributed by atoms with Crippen LogP contribution in [0, 0.1) is 0 Å². The Morgan fingerprint density at radius 1 is 1.25 bits per heavy atom. The molecule has 0 amide bonds. The highest BCUT2D eigenvalue weighted by molar-refractivity contribution is 5.38. The van der Waals surface area contributed by atoms with Gasteiger partial charge in [0, 0.05) is 39.2 Å². The van der Waals surface area contributed by atoms with Gasteiger partial charge in [0.05, 0.1) is 5.69 Å². The zero-order valence-corrected chi connectivity index (χ0v) is 13.4. The van der Waals surface area contributed by atoms with Crippen molar-refractivity contribution in [1.29, 1.82) is 0 Å². The molecule has 0 N–H and O–H groups in total. The second kappa shape index (κ2) is 6.50. The average molecular weight is 277 g/mol. The topological polar surface area (TPSA) is 35.5 Å². The Morgan fingerprint density at radius 3 is 2.60 bits per heavy atom. The van der Waals surface area contributed by atoms with Gasteiger partial charge in [-0.1, -0.05) is 0 Å². The summed E-state index contributed by atoms with van der Waals surface area (Å²) in [6.07, 6.45) is 2.43. The van der Waals surface area contributed by atoms with Crippen LogP contribution in [0.3, 0.4) is 0 Å². The van der Waals surface area contributed by atoms with Gasteiger partial charge in [0.25, 0.3) is 0 Å². The van der Waals surface area contributed by atoms with Crippen LogP contribution in [0.1, 0.15) is 30.3 Å². The third kappa shape index (κ3) is 3.90. The monoisotopic (exact) mass is 277 g/mol. The van der Waals surface area contributed by atoms with E-state index in [1.807, 2.05) is 14.1 Å². The van der Waals surface area contributed by atoms with E-state index in [-0.39, 0.29) is 0 Å². The van der Waals surface area contributed by atoms with E-state index in [0.29, 0.717) is 5.92 Å². The molecule has 0 aliphatic carbocycles. The lowest BCUT2D eigenvalue weighted by Gasteiger charge is -2.29. The average Bonchev–Trinajstić information content (AvgIpc) is 2.37. The quantitative estimate of drug-likeness (QED) is 0.831. The maximum Gasteiger partial charge on any atom is 0.135 e. The Balaban J connectivity index is 2.28. The summed E-state index contributed by atoms with van der Waals surface area (Å²) in [5.41, 5.74) is 1.11. The molecule has 5 heteroatoms. The standard InChI is InChI=1S/C15H27N5/c1-18(2)11-13-9-14(19(3)4)17-15(16-13)12-7-6-8-20(5)10-12/h9,12H,6-8,10-11H2,1-5H3/t12-/m0/s1. The summed E-state index contributed by atoms with van der Waals surface area (Å²) in [5, 5.41) is 0. The Labute approximate surface area is 122 Å². The SMILES string of the molecule is CN(C)Cc1cc(N(C)C)nc([C@H]2CCCN(C)C2)n1. The molecule has 0 unspecified atom stereocenters. The predicted molar refractivity (Wildman–Crippen MR) is 83.2 cm³/mol. The Hall–Kier alpha value is -1.20. The first-order chi connectivity index (χ1) is 9.45. The lowest BCUT2D eigenvalue weighted by atomic mass is 9.97. The fourth-order valence-electron chi connectivity index (χ4n) is 2.70. The second-order valence-corrected chi connectivity index (χ2v) is 6.31. The number of nitrogens with zero attached hydrogens (tertiary/aromatic N) is 5. The van der Waals surface area contributed by atoms with Crippen molar-refractivity contribution in [1.82, 2.24) is 19.8 Å². The smallest absolute Gasteiger partial charge is 0.135 e. The molecule has 1 saturated heterocycles. The van der Waals surface area contributed by atoms with E-state index in [1.54, 1.807) is 0 Å². The summed E-state index contributed by atoms with van der Waals surface area (Å²) in [6, 6.07) is 2.09. The van der Waals surface area contributed by atoms with Crippen molar-refractivity contribution >= 4 is 5.82 Å². The summed E-state index contributed by atoms with van der Waals surface area (Å²) in [4.78, 5) is 16.2. The van der Waals surface area contributed by atoms with Crippen molar-refractivity contribution < 1.29 is 0 Å². The van der Waals surface area contributed by atoms with Gasteiger partial charge in [-0.2, -0.15) is 0 Å². The molecule has 5 nitrogen and oxygen atoms in total. The van der Waals surface area contributed by atoms with E-state index in [0.717, 1.165) is 30.4 Å². The fourth-order valence-corrected chi connectivity index (χ4v) is 2.70. The molecule has 1 aliphatic heterocycles. The summed E-state index contributed by atoms with van der Waals surface area (Å²) in [6.45, 7) is 3.12. The molecule has 1 atom stereocenters. The summed E-state index contributed by atoms with van der Waals surface area (Å²) in [7, 11) is 10.4. The van der Waals surface area contributed by atoms with Crippen molar-refractivity contribution in [2.45, 2.75) is 25.3 Å². The largest absolute Gasteiger partial charge is 0.363 e. The molecule has 2 rings (SSSR count). The zero-order valence-electron chi connectivity index (χ0n) is 13.4. The highest BCUT2D eigenvalue weighted by Crippen LogP contribution is 2.25. The third-order valence-corrected chi connectivity index (χ3v) is 3.71. The Morgan fingerprint density at radius 2 is 2.00 bits per heavy atom. The minimum Gasteiger partial charge on any atom is -0.363 e. The minimum absolute atomic E-state index is 0.467. The number of piperidine rings is 1. The van der Waals surface area contributed by atoms with Gasteiger partial charge in [-0.15, -0.1) is 0 Å². The molecule has 0 spiro atoms. The summed E-state index contributed by atoms with van der Waals surface area (Å²) < 4.78 is 0. The van der Waals surface area contributed by atoms with E-state index in [2.05, 4.69) is 41.9 Å². The molecule has 20 heavy (non-hydrogen) atoms. The minimum atomic E-state index is 0.467. The van der Waals surface area contributed by atoms with Gasteiger partial charge in [-0.05, 0) is 40.5 Å². The van der Waals surface area contributed by atoms with Gasteiger partial charge in [-0.3, -0.25) is 0 Å². The van der Waals surface area contributed by atoms with Gasteiger partial charge in [0.2, 0.25) is 0 Å². The van der Waals surface area contributed by atoms with Crippen molar-refractivity contribution in [3.8, 4) is 0 Å². The molecule has 1 aliphatic rings. The van der Waals surface area contributed by atoms with E-state index in [4.69, 9.17) is 9.97 Å². The van der Waals surface area contributed by atoms with Crippen LogP contribution in [0.2, 0.25) is 0 Å². The van der Waals surface area contributed by atoms with Gasteiger partial charge in [0.1, 0.15) is 11.6 Å². The third-order valence-electron chi connectivity index (χ3n) is 3.71. The van der Waals surface area contributed by atoms with Crippen molar-refractivity contribution in [2.75, 3.05) is 53.2 Å². The molecule has 1 fully saturated rings. The zero-order chi connectivity index (χ0) is 14.7. The van der Waals surface area contributed by atoms with Gasteiger partial charge >= 0.3 is 0 Å². The van der Waals surface area contributed by atoms with Crippen LogP contribution in [0.15, 0.2) is 6.07 Å². The van der Waals surface area contributed by atoms with Crippen molar-refractivity contribution in [2.24, 2.45) is 0 Å². The van der Waals surface area contributed by atoms with Crippen LogP contribution in [-0.2, 0) is 6.54 Å². The predicted octanol–water partition coefficient (Wildman–Crippen LogP) is 1.41.